The smallest absolute Gasteiger partial charge is 0.263 e. The lowest BCUT2D eigenvalue weighted by Crippen LogP contribution is -2.28. The molecule has 0 spiro atoms. The summed E-state index contributed by atoms with van der Waals surface area (Å²) in [5, 5.41) is 14.2. The Morgan fingerprint density at radius 3 is 2.42 bits per heavy atom. The number of hydrogen-bond acceptors (Lipinski definition) is 8. The van der Waals surface area contributed by atoms with E-state index in [1.807, 2.05) is 13.0 Å². The number of hydrogen-bond donors (Lipinski definition) is 1. The van der Waals surface area contributed by atoms with E-state index in [0.29, 0.717) is 17.4 Å². The van der Waals surface area contributed by atoms with Crippen LogP contribution >= 0.6 is 0 Å². The van der Waals surface area contributed by atoms with Crippen LogP contribution in [0.5, 0.6) is 0 Å². The van der Waals surface area contributed by atoms with Crippen molar-refractivity contribution in [1.82, 2.24) is 39.7 Å². The van der Waals surface area contributed by atoms with Gasteiger partial charge in [0.2, 0.25) is 0 Å². The molecule has 2 saturated carbocycles. The zero-order chi connectivity index (χ0) is 22.5. The monoisotopic (exact) mass is 439 g/mol. The average Bonchev–Trinajstić information content (AvgIpc) is 3.59. The van der Waals surface area contributed by atoms with Gasteiger partial charge in [-0.05, 0) is 38.7 Å². The van der Waals surface area contributed by atoms with Crippen LogP contribution in [0.2, 0.25) is 0 Å². The average molecular weight is 439 g/mol. The van der Waals surface area contributed by atoms with E-state index in [2.05, 4.69) is 30.0 Å². The summed E-state index contributed by atoms with van der Waals surface area (Å²) >= 11 is 0. The van der Waals surface area contributed by atoms with Gasteiger partial charge in [0.25, 0.3) is 5.56 Å². The molecular weight excluding hydrogens is 418 g/mol. The Bertz CT molecular complexity index is 1430. The van der Waals surface area contributed by atoms with Crippen LogP contribution in [-0.2, 0) is 0 Å². The number of nitrogens with one attached hydrogen (secondary N) is 1. The van der Waals surface area contributed by atoms with Crippen molar-refractivity contribution in [2.45, 2.75) is 56.4 Å². The number of H-pyrrole nitrogens is 1. The highest BCUT2D eigenvalue weighted by molar-refractivity contribution is 5.80. The Labute approximate surface area is 188 Å². The number of rotatable bonds is 5. The quantitative estimate of drug-likeness (QED) is 0.501. The second kappa shape index (κ2) is 7.55. The van der Waals surface area contributed by atoms with Crippen LogP contribution in [0.4, 0.5) is 0 Å². The molecule has 10 nitrogen and oxygen atoms in total. The third kappa shape index (κ3) is 3.28. The summed E-state index contributed by atoms with van der Waals surface area (Å²) in [4.78, 5) is 38.5. The molecule has 0 amide bonds. The molecule has 0 saturated heterocycles. The molecule has 0 unspecified atom stereocenters. The highest BCUT2D eigenvalue weighted by Gasteiger charge is 2.38. The molecule has 0 bridgehead atoms. The first kappa shape index (κ1) is 19.7. The number of fused-ring (bicyclic) bond motifs is 1. The van der Waals surface area contributed by atoms with Gasteiger partial charge in [-0.15, -0.1) is 0 Å². The minimum atomic E-state index is -0.357. The summed E-state index contributed by atoms with van der Waals surface area (Å²) in [5.41, 5.74) is 0.939. The summed E-state index contributed by atoms with van der Waals surface area (Å²) in [7, 11) is 0. The van der Waals surface area contributed by atoms with E-state index in [4.69, 9.17) is 4.98 Å². The molecule has 2 fully saturated rings. The van der Waals surface area contributed by atoms with Gasteiger partial charge >= 0.3 is 0 Å². The Balaban J connectivity index is 1.41. The minimum Gasteiger partial charge on any atom is -0.310 e. The van der Waals surface area contributed by atoms with Crippen molar-refractivity contribution >= 4 is 11.0 Å². The minimum absolute atomic E-state index is 0.00912. The van der Waals surface area contributed by atoms with Gasteiger partial charge in [0, 0.05) is 48.1 Å². The van der Waals surface area contributed by atoms with Crippen molar-refractivity contribution < 1.29 is 0 Å². The van der Waals surface area contributed by atoms with E-state index < -0.39 is 0 Å². The Kier molecular flexibility index (Phi) is 4.50. The molecule has 1 N–H and O–H groups in total. The van der Waals surface area contributed by atoms with E-state index in [0.717, 1.165) is 42.9 Å². The fraction of sp³-hybridized carbons (Fsp3) is 0.391. The molecule has 0 aliphatic heterocycles. The summed E-state index contributed by atoms with van der Waals surface area (Å²) in [6.07, 6.45) is 11.1. The molecule has 4 heterocycles. The van der Waals surface area contributed by atoms with E-state index in [9.17, 15) is 10.1 Å². The van der Waals surface area contributed by atoms with Crippen molar-refractivity contribution in [3.63, 3.8) is 0 Å². The van der Waals surface area contributed by atoms with Crippen molar-refractivity contribution in [1.29, 1.82) is 5.26 Å². The lowest BCUT2D eigenvalue weighted by molar-refractivity contribution is 0.319. The van der Waals surface area contributed by atoms with E-state index in [1.165, 1.54) is 0 Å². The molecule has 4 aromatic rings. The molecule has 10 heteroatoms. The molecule has 4 aromatic heterocycles. The standard InChI is InChI=1S/C23H21N9O/c1-12(14-10-27-19(28-11-14)13-3-4-13)32-22-18(17(9-24)31-32)23(33)30-21(29-22)16-6-5-15(16)20-25-7-2-8-26-20/h2,7-8,10-13,15-16H,3-6H2,1H3,(H,29,30,33)/t12-,15+,16+/m1/s1. The number of aromatic nitrogens is 8. The molecule has 3 atom stereocenters. The lowest BCUT2D eigenvalue weighted by atomic mass is 9.72. The van der Waals surface area contributed by atoms with Gasteiger partial charge in [0.05, 0.1) is 6.04 Å². The molecule has 2 aliphatic rings. The molecule has 0 radical (unpaired) electrons. The fourth-order valence-electron chi connectivity index (χ4n) is 4.48. The summed E-state index contributed by atoms with van der Waals surface area (Å²) in [6, 6.07) is 3.53. The van der Waals surface area contributed by atoms with Crippen molar-refractivity contribution in [2.75, 3.05) is 0 Å². The lowest BCUT2D eigenvalue weighted by Gasteiger charge is -2.34. The summed E-state index contributed by atoms with van der Waals surface area (Å²) < 4.78 is 1.63. The predicted octanol–water partition coefficient (Wildman–Crippen LogP) is 2.72. The number of nitriles is 1. The van der Waals surface area contributed by atoms with Crippen LogP contribution in [0.1, 0.15) is 85.1 Å². The Morgan fingerprint density at radius 1 is 1.06 bits per heavy atom. The van der Waals surface area contributed by atoms with Gasteiger partial charge in [-0.3, -0.25) is 4.79 Å². The van der Waals surface area contributed by atoms with Crippen LogP contribution in [0.15, 0.2) is 35.6 Å². The first-order valence-corrected chi connectivity index (χ1v) is 11.1. The molecule has 164 valence electrons. The molecule has 33 heavy (non-hydrogen) atoms. The fourth-order valence-corrected chi connectivity index (χ4v) is 4.48. The summed E-state index contributed by atoms with van der Waals surface area (Å²) in [5.74, 6) is 2.77. The largest absolute Gasteiger partial charge is 0.310 e. The third-order valence-electron chi connectivity index (χ3n) is 6.71. The topological polar surface area (TPSA) is 139 Å². The second-order valence-electron chi connectivity index (χ2n) is 8.78. The SMILES string of the molecule is C[C@H](c1cnc(C2CC2)nc1)n1nc(C#N)c2c(=O)[nH]c([C@H]3CC[C@@H]3c3ncccn3)nc21. The first-order chi connectivity index (χ1) is 16.1. The van der Waals surface area contributed by atoms with Gasteiger partial charge < -0.3 is 4.98 Å². The molecule has 2 aliphatic carbocycles. The van der Waals surface area contributed by atoms with Gasteiger partial charge in [-0.25, -0.2) is 29.6 Å². The molecular formula is C23H21N9O. The maximum atomic E-state index is 13.0. The van der Waals surface area contributed by atoms with Crippen LogP contribution in [0.3, 0.4) is 0 Å². The van der Waals surface area contributed by atoms with E-state index in [-0.39, 0.29) is 34.5 Å². The second-order valence-corrected chi connectivity index (χ2v) is 8.78. The van der Waals surface area contributed by atoms with Crippen molar-refractivity contribution in [3.05, 3.63) is 69.9 Å². The van der Waals surface area contributed by atoms with Gasteiger partial charge in [-0.1, -0.05) is 0 Å². The normalized spacial score (nSPS) is 20.8. The summed E-state index contributed by atoms with van der Waals surface area (Å²) in [6.45, 7) is 1.94. The van der Waals surface area contributed by atoms with Crippen LogP contribution < -0.4 is 5.56 Å². The van der Waals surface area contributed by atoms with Gasteiger partial charge in [0.1, 0.15) is 28.9 Å². The van der Waals surface area contributed by atoms with Crippen LogP contribution in [-0.4, -0.2) is 39.7 Å². The zero-order valence-electron chi connectivity index (χ0n) is 18.0. The maximum absolute atomic E-state index is 13.0. The molecule has 6 rings (SSSR count). The van der Waals surface area contributed by atoms with Gasteiger partial charge in [0.15, 0.2) is 11.3 Å². The Morgan fingerprint density at radius 2 is 1.79 bits per heavy atom. The first-order valence-electron chi connectivity index (χ1n) is 11.1. The Hall–Kier alpha value is -4.00. The highest BCUT2D eigenvalue weighted by atomic mass is 16.1. The van der Waals surface area contributed by atoms with Crippen LogP contribution in [0.25, 0.3) is 11.0 Å². The van der Waals surface area contributed by atoms with Crippen molar-refractivity contribution in [3.8, 4) is 6.07 Å². The molecule has 0 aromatic carbocycles. The van der Waals surface area contributed by atoms with E-state index in [1.54, 1.807) is 35.5 Å². The maximum Gasteiger partial charge on any atom is 0.263 e. The number of nitrogens with zero attached hydrogens (tertiary/aromatic N) is 8. The van der Waals surface area contributed by atoms with Crippen molar-refractivity contribution in [2.24, 2.45) is 0 Å². The highest BCUT2D eigenvalue weighted by Crippen LogP contribution is 2.46. The third-order valence-corrected chi connectivity index (χ3v) is 6.71. The van der Waals surface area contributed by atoms with Gasteiger partial charge in [-0.2, -0.15) is 10.4 Å². The number of aromatic amines is 1. The van der Waals surface area contributed by atoms with E-state index >= 15 is 0 Å². The van der Waals surface area contributed by atoms with Crippen LogP contribution in [0, 0.1) is 11.3 Å². The zero-order valence-corrected chi connectivity index (χ0v) is 18.0. The predicted molar refractivity (Wildman–Crippen MR) is 117 cm³/mol.